The SMILES string of the molecule is COC(=O)CC=Cc1ccc(O)cc1N. The number of rotatable bonds is 3. The molecule has 80 valence electrons. The number of carbonyl (C=O) groups excluding carboxylic acids is 1. The number of hydrogen-bond donors (Lipinski definition) is 2. The van der Waals surface area contributed by atoms with Crippen molar-refractivity contribution in [3.8, 4) is 5.75 Å². The summed E-state index contributed by atoms with van der Waals surface area (Å²) in [4.78, 5) is 10.8. The van der Waals surface area contributed by atoms with Crippen LogP contribution in [0.3, 0.4) is 0 Å². The molecule has 0 aliphatic carbocycles. The zero-order valence-corrected chi connectivity index (χ0v) is 8.43. The molecule has 0 atom stereocenters. The number of phenols is 1. The van der Waals surface area contributed by atoms with Crippen molar-refractivity contribution < 1.29 is 14.6 Å². The van der Waals surface area contributed by atoms with Gasteiger partial charge in [-0.1, -0.05) is 12.2 Å². The predicted octanol–water partition coefficient (Wildman–Crippen LogP) is 1.55. The van der Waals surface area contributed by atoms with Crippen molar-refractivity contribution in [1.29, 1.82) is 0 Å². The molecule has 4 nitrogen and oxygen atoms in total. The molecular formula is C11H13NO3. The van der Waals surface area contributed by atoms with Crippen molar-refractivity contribution in [2.45, 2.75) is 6.42 Å². The maximum absolute atomic E-state index is 10.8. The van der Waals surface area contributed by atoms with Crippen LogP contribution in [0.25, 0.3) is 6.08 Å². The quantitative estimate of drug-likeness (QED) is 0.582. The van der Waals surface area contributed by atoms with Crippen LogP contribution in [0.4, 0.5) is 5.69 Å². The summed E-state index contributed by atoms with van der Waals surface area (Å²) in [6.45, 7) is 0. The molecule has 0 radical (unpaired) electrons. The highest BCUT2D eigenvalue weighted by Gasteiger charge is 1.97. The third kappa shape index (κ3) is 3.34. The number of phenolic OH excluding ortho intramolecular Hbond substituents is 1. The summed E-state index contributed by atoms with van der Waals surface area (Å²) < 4.78 is 4.48. The van der Waals surface area contributed by atoms with E-state index in [-0.39, 0.29) is 18.1 Å². The lowest BCUT2D eigenvalue weighted by atomic mass is 10.1. The van der Waals surface area contributed by atoms with Gasteiger partial charge in [0.15, 0.2) is 0 Å². The van der Waals surface area contributed by atoms with Crippen molar-refractivity contribution in [3.63, 3.8) is 0 Å². The second kappa shape index (κ2) is 5.05. The van der Waals surface area contributed by atoms with E-state index in [0.29, 0.717) is 5.69 Å². The van der Waals surface area contributed by atoms with Gasteiger partial charge in [0.2, 0.25) is 0 Å². The molecule has 0 unspecified atom stereocenters. The molecule has 3 N–H and O–H groups in total. The number of benzene rings is 1. The Morgan fingerprint density at radius 1 is 1.60 bits per heavy atom. The number of anilines is 1. The third-order valence-corrected chi connectivity index (χ3v) is 1.88. The van der Waals surface area contributed by atoms with Crippen LogP contribution >= 0.6 is 0 Å². The van der Waals surface area contributed by atoms with Gasteiger partial charge in [0, 0.05) is 11.8 Å². The molecule has 0 aromatic heterocycles. The van der Waals surface area contributed by atoms with E-state index >= 15 is 0 Å². The van der Waals surface area contributed by atoms with Crippen LogP contribution in [-0.4, -0.2) is 18.2 Å². The third-order valence-electron chi connectivity index (χ3n) is 1.88. The van der Waals surface area contributed by atoms with Crippen molar-refractivity contribution >= 4 is 17.7 Å². The molecule has 1 aromatic rings. The average molecular weight is 207 g/mol. The lowest BCUT2D eigenvalue weighted by Gasteiger charge is -2.00. The number of hydrogen-bond acceptors (Lipinski definition) is 4. The van der Waals surface area contributed by atoms with Gasteiger partial charge in [-0.3, -0.25) is 4.79 Å². The molecule has 4 heteroatoms. The van der Waals surface area contributed by atoms with Crippen molar-refractivity contribution in [3.05, 3.63) is 29.8 Å². The Balaban J connectivity index is 2.68. The molecule has 0 aliphatic rings. The maximum Gasteiger partial charge on any atom is 0.309 e. The Hall–Kier alpha value is -1.97. The molecule has 1 aromatic carbocycles. The summed E-state index contributed by atoms with van der Waals surface area (Å²) >= 11 is 0. The molecule has 0 aliphatic heterocycles. The second-order valence-electron chi connectivity index (χ2n) is 3.00. The van der Waals surface area contributed by atoms with Crippen LogP contribution in [0.15, 0.2) is 24.3 Å². The number of nitrogen functional groups attached to an aromatic ring is 1. The minimum absolute atomic E-state index is 0.123. The molecule has 0 bridgehead atoms. The maximum atomic E-state index is 10.8. The molecule has 0 fully saturated rings. The number of ether oxygens (including phenoxy) is 1. The summed E-state index contributed by atoms with van der Waals surface area (Å²) in [5.41, 5.74) is 6.87. The van der Waals surface area contributed by atoms with E-state index in [1.54, 1.807) is 18.2 Å². The van der Waals surface area contributed by atoms with Crippen molar-refractivity contribution in [2.24, 2.45) is 0 Å². The molecule has 0 saturated heterocycles. The molecular weight excluding hydrogens is 194 g/mol. The fraction of sp³-hybridized carbons (Fsp3) is 0.182. The lowest BCUT2D eigenvalue weighted by Crippen LogP contribution is -1.96. The smallest absolute Gasteiger partial charge is 0.309 e. The Morgan fingerprint density at radius 3 is 2.93 bits per heavy atom. The largest absolute Gasteiger partial charge is 0.508 e. The van der Waals surface area contributed by atoms with Crippen LogP contribution in [0.1, 0.15) is 12.0 Å². The van der Waals surface area contributed by atoms with Gasteiger partial charge in [-0.05, 0) is 17.7 Å². The predicted molar refractivity (Wildman–Crippen MR) is 58.2 cm³/mol. The van der Waals surface area contributed by atoms with E-state index in [1.807, 2.05) is 0 Å². The summed E-state index contributed by atoms with van der Waals surface area (Å²) in [7, 11) is 1.34. The van der Waals surface area contributed by atoms with Gasteiger partial charge >= 0.3 is 5.97 Å². The Kier molecular flexibility index (Phi) is 3.74. The number of esters is 1. The first-order chi connectivity index (χ1) is 7.13. The number of aromatic hydroxyl groups is 1. The van der Waals surface area contributed by atoms with Gasteiger partial charge in [0.05, 0.1) is 13.5 Å². The highest BCUT2D eigenvalue weighted by molar-refractivity contribution is 5.74. The minimum atomic E-state index is -0.302. The van der Waals surface area contributed by atoms with Gasteiger partial charge in [-0.15, -0.1) is 0 Å². The normalized spacial score (nSPS) is 10.5. The van der Waals surface area contributed by atoms with E-state index < -0.39 is 0 Å². The van der Waals surface area contributed by atoms with E-state index in [9.17, 15) is 4.79 Å². The monoisotopic (exact) mass is 207 g/mol. The summed E-state index contributed by atoms with van der Waals surface area (Å²) in [6.07, 6.45) is 3.58. The molecule has 0 heterocycles. The van der Waals surface area contributed by atoms with Crippen molar-refractivity contribution in [2.75, 3.05) is 12.8 Å². The number of methoxy groups -OCH3 is 1. The molecule has 1 rings (SSSR count). The van der Waals surface area contributed by atoms with Crippen LogP contribution in [0.2, 0.25) is 0 Å². The summed E-state index contributed by atoms with van der Waals surface area (Å²) in [6, 6.07) is 4.67. The summed E-state index contributed by atoms with van der Waals surface area (Å²) in [5.74, 6) is -0.179. The van der Waals surface area contributed by atoms with Gasteiger partial charge in [-0.2, -0.15) is 0 Å². The lowest BCUT2D eigenvalue weighted by molar-refractivity contribution is -0.139. The van der Waals surface area contributed by atoms with E-state index in [0.717, 1.165) is 5.56 Å². The zero-order chi connectivity index (χ0) is 11.3. The fourth-order valence-corrected chi connectivity index (χ4v) is 1.08. The minimum Gasteiger partial charge on any atom is -0.508 e. The van der Waals surface area contributed by atoms with Crippen LogP contribution in [0.5, 0.6) is 5.75 Å². The van der Waals surface area contributed by atoms with Gasteiger partial charge < -0.3 is 15.6 Å². The highest BCUT2D eigenvalue weighted by atomic mass is 16.5. The first-order valence-electron chi connectivity index (χ1n) is 4.45. The molecule has 0 saturated carbocycles. The summed E-state index contributed by atoms with van der Waals surface area (Å²) in [5, 5.41) is 9.11. The van der Waals surface area contributed by atoms with E-state index in [2.05, 4.69) is 4.74 Å². The fourth-order valence-electron chi connectivity index (χ4n) is 1.08. The van der Waals surface area contributed by atoms with Gasteiger partial charge in [-0.25, -0.2) is 0 Å². The second-order valence-corrected chi connectivity index (χ2v) is 3.00. The van der Waals surface area contributed by atoms with Crippen molar-refractivity contribution in [1.82, 2.24) is 0 Å². The van der Waals surface area contributed by atoms with Crippen LogP contribution in [-0.2, 0) is 9.53 Å². The first kappa shape index (κ1) is 11.1. The van der Waals surface area contributed by atoms with Crippen LogP contribution < -0.4 is 5.73 Å². The van der Waals surface area contributed by atoms with E-state index in [1.165, 1.54) is 19.2 Å². The molecule has 15 heavy (non-hydrogen) atoms. The highest BCUT2D eigenvalue weighted by Crippen LogP contribution is 2.19. The first-order valence-corrected chi connectivity index (χ1v) is 4.45. The van der Waals surface area contributed by atoms with E-state index in [4.69, 9.17) is 10.8 Å². The van der Waals surface area contributed by atoms with Gasteiger partial charge in [0.1, 0.15) is 5.75 Å². The Bertz CT molecular complexity index is 385. The topological polar surface area (TPSA) is 72.5 Å². The van der Waals surface area contributed by atoms with Gasteiger partial charge in [0.25, 0.3) is 0 Å². The Labute approximate surface area is 88.0 Å². The number of carbonyl (C=O) groups is 1. The Morgan fingerprint density at radius 2 is 2.33 bits per heavy atom. The standard InChI is InChI=1S/C11H13NO3/c1-15-11(14)4-2-3-8-5-6-9(13)7-10(8)12/h2-3,5-7,13H,4,12H2,1H3. The van der Waals surface area contributed by atoms with Crippen LogP contribution in [0, 0.1) is 0 Å². The molecule has 0 spiro atoms. The molecule has 0 amide bonds. The number of nitrogens with two attached hydrogens (primary N) is 1. The average Bonchev–Trinajstić information content (AvgIpc) is 2.21. The zero-order valence-electron chi connectivity index (χ0n) is 8.43.